The van der Waals surface area contributed by atoms with Crippen LogP contribution in [0.5, 0.6) is 5.75 Å². The van der Waals surface area contributed by atoms with E-state index < -0.39 is 17.6 Å². The first-order valence-electron chi connectivity index (χ1n) is 9.73. The van der Waals surface area contributed by atoms with Gasteiger partial charge in [0.05, 0.1) is 12.7 Å². The number of nitrogens with one attached hydrogen (secondary N) is 1. The van der Waals surface area contributed by atoms with Gasteiger partial charge < -0.3 is 10.1 Å². The van der Waals surface area contributed by atoms with Gasteiger partial charge in [0.1, 0.15) is 5.75 Å². The molecule has 4 nitrogen and oxygen atoms in total. The standard InChI is InChI=1S/C22H23F3N2O2/c1-13-10-14-5-7-16(12-17(14)19-4-3-9-27(13)19)26-21(28)15-6-8-20(29-2)18(11-15)22(23,24)25/h5-8,11-13,19H,3-4,9-10H2,1-2H3,(H,26,28). The molecule has 29 heavy (non-hydrogen) atoms. The molecule has 0 aliphatic carbocycles. The van der Waals surface area contributed by atoms with Gasteiger partial charge >= 0.3 is 6.18 Å². The molecule has 4 rings (SSSR count). The van der Waals surface area contributed by atoms with Crippen LogP contribution in [-0.2, 0) is 12.6 Å². The summed E-state index contributed by atoms with van der Waals surface area (Å²) in [5, 5.41) is 2.75. The summed E-state index contributed by atoms with van der Waals surface area (Å²) in [6.45, 7) is 3.31. The Hall–Kier alpha value is -2.54. The lowest BCUT2D eigenvalue weighted by Gasteiger charge is -2.37. The fourth-order valence-corrected chi connectivity index (χ4v) is 4.53. The number of carbonyl (C=O) groups is 1. The molecule has 1 fully saturated rings. The van der Waals surface area contributed by atoms with E-state index in [9.17, 15) is 18.0 Å². The van der Waals surface area contributed by atoms with Crippen molar-refractivity contribution in [1.82, 2.24) is 4.90 Å². The Morgan fingerprint density at radius 1 is 1.21 bits per heavy atom. The number of nitrogens with zero attached hydrogens (tertiary/aromatic N) is 1. The van der Waals surface area contributed by atoms with Gasteiger partial charge in [-0.05, 0) is 74.2 Å². The minimum absolute atomic E-state index is 0.0630. The molecule has 1 amide bonds. The van der Waals surface area contributed by atoms with Gasteiger partial charge in [0, 0.05) is 23.3 Å². The lowest BCUT2D eigenvalue weighted by Crippen LogP contribution is -2.38. The molecule has 2 aromatic carbocycles. The number of rotatable bonds is 3. The van der Waals surface area contributed by atoms with Crippen molar-refractivity contribution in [1.29, 1.82) is 0 Å². The van der Waals surface area contributed by atoms with Crippen molar-refractivity contribution in [3.8, 4) is 5.75 Å². The third-order valence-electron chi connectivity index (χ3n) is 5.91. The van der Waals surface area contributed by atoms with E-state index in [0.29, 0.717) is 17.8 Å². The number of carbonyl (C=O) groups excluding carboxylic acids is 1. The van der Waals surface area contributed by atoms with E-state index in [4.69, 9.17) is 4.74 Å². The van der Waals surface area contributed by atoms with Gasteiger partial charge in [-0.25, -0.2) is 0 Å². The second-order valence-corrected chi connectivity index (χ2v) is 7.73. The molecule has 0 aromatic heterocycles. The van der Waals surface area contributed by atoms with Gasteiger partial charge in [0.15, 0.2) is 0 Å². The SMILES string of the molecule is COc1ccc(C(=O)Nc2ccc3c(c2)C2CCCN2C(C)C3)cc1C(F)(F)F. The third-order valence-corrected chi connectivity index (χ3v) is 5.91. The van der Waals surface area contributed by atoms with Crippen molar-refractivity contribution in [3.05, 3.63) is 58.7 Å². The molecule has 0 radical (unpaired) electrons. The molecule has 2 aliphatic rings. The van der Waals surface area contributed by atoms with Gasteiger partial charge in [-0.15, -0.1) is 0 Å². The topological polar surface area (TPSA) is 41.6 Å². The third kappa shape index (κ3) is 3.71. The number of hydrogen-bond donors (Lipinski definition) is 1. The van der Waals surface area contributed by atoms with Crippen LogP contribution < -0.4 is 10.1 Å². The number of hydrogen-bond acceptors (Lipinski definition) is 3. The predicted molar refractivity (Wildman–Crippen MR) is 104 cm³/mol. The second kappa shape index (κ2) is 7.37. The summed E-state index contributed by atoms with van der Waals surface area (Å²) in [5.41, 5.74) is 2.06. The van der Waals surface area contributed by atoms with Crippen LogP contribution in [0.2, 0.25) is 0 Å². The van der Waals surface area contributed by atoms with E-state index in [1.54, 1.807) is 0 Å². The number of amides is 1. The summed E-state index contributed by atoms with van der Waals surface area (Å²) in [6, 6.07) is 9.99. The molecule has 2 aliphatic heterocycles. The van der Waals surface area contributed by atoms with E-state index in [0.717, 1.165) is 31.9 Å². The zero-order valence-corrected chi connectivity index (χ0v) is 16.3. The molecule has 2 atom stereocenters. The number of fused-ring (bicyclic) bond motifs is 3. The monoisotopic (exact) mass is 404 g/mol. The lowest BCUT2D eigenvalue weighted by atomic mass is 9.89. The number of anilines is 1. The number of halogens is 3. The summed E-state index contributed by atoms with van der Waals surface area (Å²) < 4.78 is 44.5. The Kier molecular flexibility index (Phi) is 5.02. The Morgan fingerprint density at radius 2 is 2.00 bits per heavy atom. The Morgan fingerprint density at radius 3 is 2.72 bits per heavy atom. The number of ether oxygens (including phenoxy) is 1. The highest BCUT2D eigenvalue weighted by Crippen LogP contribution is 2.41. The van der Waals surface area contributed by atoms with Crippen molar-refractivity contribution < 1.29 is 22.7 Å². The minimum atomic E-state index is -4.60. The number of methoxy groups -OCH3 is 1. The molecule has 2 aromatic rings. The zero-order chi connectivity index (χ0) is 20.8. The van der Waals surface area contributed by atoms with E-state index in [-0.39, 0.29) is 11.3 Å². The average molecular weight is 404 g/mol. The highest BCUT2D eigenvalue weighted by atomic mass is 19.4. The average Bonchev–Trinajstić information content (AvgIpc) is 3.18. The van der Waals surface area contributed by atoms with E-state index >= 15 is 0 Å². The van der Waals surface area contributed by atoms with Crippen molar-refractivity contribution in [3.63, 3.8) is 0 Å². The first-order valence-corrected chi connectivity index (χ1v) is 9.73. The molecule has 2 heterocycles. The van der Waals surface area contributed by atoms with Gasteiger partial charge in [-0.3, -0.25) is 9.69 Å². The normalized spacial score (nSPS) is 21.4. The van der Waals surface area contributed by atoms with Gasteiger partial charge in [0.2, 0.25) is 0 Å². The largest absolute Gasteiger partial charge is 0.496 e. The number of benzene rings is 2. The smallest absolute Gasteiger partial charge is 0.419 e. The molecule has 0 bridgehead atoms. The van der Waals surface area contributed by atoms with Crippen molar-refractivity contribution in [2.24, 2.45) is 0 Å². The van der Waals surface area contributed by atoms with E-state index in [1.807, 2.05) is 18.2 Å². The van der Waals surface area contributed by atoms with E-state index in [1.165, 1.54) is 30.4 Å². The highest BCUT2D eigenvalue weighted by molar-refractivity contribution is 6.04. The quantitative estimate of drug-likeness (QED) is 0.779. The second-order valence-electron chi connectivity index (χ2n) is 7.73. The zero-order valence-electron chi connectivity index (χ0n) is 16.3. The molecule has 2 unspecified atom stereocenters. The molecule has 154 valence electrons. The van der Waals surface area contributed by atoms with Crippen molar-refractivity contribution in [2.75, 3.05) is 19.0 Å². The van der Waals surface area contributed by atoms with E-state index in [2.05, 4.69) is 17.1 Å². The van der Waals surface area contributed by atoms with Crippen molar-refractivity contribution in [2.45, 2.75) is 44.4 Å². The van der Waals surface area contributed by atoms with Crippen LogP contribution in [0.25, 0.3) is 0 Å². The summed E-state index contributed by atoms with van der Waals surface area (Å²) in [4.78, 5) is 15.1. The first-order chi connectivity index (χ1) is 13.8. The molecular formula is C22H23F3N2O2. The Bertz CT molecular complexity index is 942. The van der Waals surface area contributed by atoms with Crippen LogP contribution in [0.15, 0.2) is 36.4 Å². The first kappa shape index (κ1) is 19.8. The molecule has 7 heteroatoms. The van der Waals surface area contributed by atoms with Crippen LogP contribution in [0.1, 0.15) is 52.9 Å². The fourth-order valence-electron chi connectivity index (χ4n) is 4.53. The molecule has 0 saturated carbocycles. The van der Waals surface area contributed by atoms with Crippen LogP contribution in [0.4, 0.5) is 18.9 Å². The maximum Gasteiger partial charge on any atom is 0.419 e. The Labute approximate surface area is 167 Å². The van der Waals surface area contributed by atoms with Gasteiger partial charge in [0.25, 0.3) is 5.91 Å². The predicted octanol–water partition coefficient (Wildman–Crippen LogP) is 5.05. The maximum atomic E-state index is 13.2. The molecule has 1 saturated heterocycles. The van der Waals surface area contributed by atoms with Crippen LogP contribution in [0, 0.1) is 0 Å². The minimum Gasteiger partial charge on any atom is -0.496 e. The maximum absolute atomic E-state index is 13.2. The fraction of sp³-hybridized carbons (Fsp3) is 0.409. The highest BCUT2D eigenvalue weighted by Gasteiger charge is 2.36. The molecular weight excluding hydrogens is 381 g/mol. The number of alkyl halides is 3. The summed E-state index contributed by atoms with van der Waals surface area (Å²) >= 11 is 0. The Balaban J connectivity index is 1.59. The van der Waals surface area contributed by atoms with Crippen molar-refractivity contribution >= 4 is 11.6 Å². The molecule has 0 spiro atoms. The summed E-state index contributed by atoms with van der Waals surface area (Å²) in [6.07, 6.45) is -1.40. The van der Waals surface area contributed by atoms with Crippen LogP contribution in [-0.4, -0.2) is 30.5 Å². The van der Waals surface area contributed by atoms with Gasteiger partial charge in [-0.2, -0.15) is 13.2 Å². The lowest BCUT2D eigenvalue weighted by molar-refractivity contribution is -0.138. The molecule has 1 N–H and O–H groups in total. The van der Waals surface area contributed by atoms with Crippen LogP contribution in [0.3, 0.4) is 0 Å². The summed E-state index contributed by atoms with van der Waals surface area (Å²) in [5.74, 6) is -0.885. The van der Waals surface area contributed by atoms with Gasteiger partial charge in [-0.1, -0.05) is 6.07 Å². The summed E-state index contributed by atoms with van der Waals surface area (Å²) in [7, 11) is 1.17. The van der Waals surface area contributed by atoms with Crippen LogP contribution >= 0.6 is 0 Å².